The van der Waals surface area contributed by atoms with E-state index in [2.05, 4.69) is 9.22 Å². The molecule has 0 saturated carbocycles. The van der Waals surface area contributed by atoms with Gasteiger partial charge >= 0.3 is 16.1 Å². The van der Waals surface area contributed by atoms with Crippen molar-refractivity contribution in [1.29, 1.82) is 0 Å². The zero-order chi connectivity index (χ0) is 13.1. The van der Waals surface area contributed by atoms with Gasteiger partial charge in [0.05, 0.1) is 4.90 Å². The van der Waals surface area contributed by atoms with Crippen LogP contribution in [0.3, 0.4) is 0 Å². The minimum absolute atomic E-state index is 0.181. The number of carbonyl (C=O) groups excluding carboxylic acids is 1. The third-order valence-electron chi connectivity index (χ3n) is 1.68. The Morgan fingerprint density at radius 3 is 2.35 bits per heavy atom. The molecule has 0 bridgehead atoms. The Labute approximate surface area is 103 Å². The van der Waals surface area contributed by atoms with Crippen molar-refractivity contribution in [3.05, 3.63) is 29.3 Å². The zero-order valence-electron chi connectivity index (χ0n) is 8.79. The van der Waals surface area contributed by atoms with Crippen LogP contribution in [0, 0.1) is 0 Å². The summed E-state index contributed by atoms with van der Waals surface area (Å²) in [6, 6.07) is 4.20. The van der Waals surface area contributed by atoms with Gasteiger partial charge in [0.15, 0.2) is 0 Å². The molecule has 0 fully saturated rings. The van der Waals surface area contributed by atoms with Crippen LogP contribution in [0.4, 0.5) is 0 Å². The summed E-state index contributed by atoms with van der Waals surface area (Å²) in [5, 5.41) is 0.372. The molecule has 8 heteroatoms. The fraction of sp³-hybridized carbons (Fsp3) is 0.222. The molecule has 94 valence electrons. The lowest BCUT2D eigenvalue weighted by Crippen LogP contribution is -2.29. The molecule has 0 aliphatic carbocycles. The Morgan fingerprint density at radius 1 is 1.35 bits per heavy atom. The number of benzene rings is 1. The number of rotatable bonds is 4. The van der Waals surface area contributed by atoms with Gasteiger partial charge in [-0.3, -0.25) is 4.89 Å². The van der Waals surface area contributed by atoms with Gasteiger partial charge in [-0.15, -0.1) is 0 Å². The SMILES string of the molecule is C[C@@H](N)C(=O)OOS(=O)(=O)c1ccc(Cl)cc1. The molecule has 1 aromatic rings. The van der Waals surface area contributed by atoms with Gasteiger partial charge in [-0.05, 0) is 35.5 Å². The molecule has 17 heavy (non-hydrogen) atoms. The van der Waals surface area contributed by atoms with Crippen molar-refractivity contribution in [2.45, 2.75) is 17.9 Å². The lowest BCUT2D eigenvalue weighted by Gasteiger charge is -2.05. The Bertz CT molecular complexity index is 497. The molecule has 0 unspecified atom stereocenters. The summed E-state index contributed by atoms with van der Waals surface area (Å²) in [4.78, 5) is 14.8. The first-order valence-electron chi connectivity index (χ1n) is 4.49. The lowest BCUT2D eigenvalue weighted by molar-refractivity contribution is -0.212. The smallest absolute Gasteiger partial charge is 0.319 e. The maximum Gasteiger partial charge on any atom is 0.360 e. The van der Waals surface area contributed by atoms with E-state index < -0.39 is 22.1 Å². The summed E-state index contributed by atoms with van der Waals surface area (Å²) >= 11 is 5.59. The Kier molecular flexibility index (Phi) is 4.47. The number of carbonyl (C=O) groups is 1. The van der Waals surface area contributed by atoms with Gasteiger partial charge in [-0.2, -0.15) is 8.42 Å². The Hall–Kier alpha value is -1.15. The van der Waals surface area contributed by atoms with E-state index in [1.165, 1.54) is 31.2 Å². The van der Waals surface area contributed by atoms with Crippen LogP contribution in [0.2, 0.25) is 5.02 Å². The third-order valence-corrected chi connectivity index (χ3v) is 3.03. The van der Waals surface area contributed by atoms with Crippen LogP contribution in [0.5, 0.6) is 0 Å². The second-order valence-electron chi connectivity index (χ2n) is 3.17. The number of hydrogen-bond acceptors (Lipinski definition) is 6. The summed E-state index contributed by atoms with van der Waals surface area (Å²) < 4.78 is 27.1. The van der Waals surface area contributed by atoms with Gasteiger partial charge < -0.3 is 5.73 Å². The molecule has 0 spiro atoms. The lowest BCUT2D eigenvalue weighted by atomic mass is 10.4. The van der Waals surface area contributed by atoms with Gasteiger partial charge in [0, 0.05) is 5.02 Å². The molecule has 1 aromatic carbocycles. The average molecular weight is 280 g/mol. The summed E-state index contributed by atoms with van der Waals surface area (Å²) in [5.41, 5.74) is 5.16. The van der Waals surface area contributed by atoms with Crippen LogP contribution in [0.25, 0.3) is 0 Å². The third kappa shape index (κ3) is 3.97. The molecule has 0 aliphatic heterocycles. The summed E-state index contributed by atoms with van der Waals surface area (Å²) in [7, 11) is -4.16. The first-order valence-corrected chi connectivity index (χ1v) is 6.27. The quantitative estimate of drug-likeness (QED) is 0.648. The molecule has 0 aliphatic rings. The average Bonchev–Trinajstić information content (AvgIpc) is 2.26. The van der Waals surface area contributed by atoms with Crippen LogP contribution in [-0.4, -0.2) is 20.4 Å². The van der Waals surface area contributed by atoms with Crippen molar-refractivity contribution < 1.29 is 22.4 Å². The van der Waals surface area contributed by atoms with Gasteiger partial charge in [-0.1, -0.05) is 11.6 Å². The second kappa shape index (κ2) is 5.46. The predicted molar refractivity (Wildman–Crippen MR) is 59.5 cm³/mol. The minimum atomic E-state index is -4.16. The van der Waals surface area contributed by atoms with Gasteiger partial charge in [0.1, 0.15) is 6.04 Å². The largest absolute Gasteiger partial charge is 0.360 e. The van der Waals surface area contributed by atoms with Crippen LogP contribution < -0.4 is 5.73 Å². The molecule has 0 heterocycles. The zero-order valence-corrected chi connectivity index (χ0v) is 10.4. The number of hydrogen-bond donors (Lipinski definition) is 1. The number of nitrogens with two attached hydrogens (primary N) is 1. The van der Waals surface area contributed by atoms with E-state index in [1.54, 1.807) is 0 Å². The van der Waals surface area contributed by atoms with Crippen molar-refractivity contribution in [1.82, 2.24) is 0 Å². The van der Waals surface area contributed by atoms with Crippen molar-refractivity contribution in [2.24, 2.45) is 5.73 Å². The van der Waals surface area contributed by atoms with E-state index in [4.69, 9.17) is 17.3 Å². The highest BCUT2D eigenvalue weighted by Gasteiger charge is 2.20. The molecule has 0 aromatic heterocycles. The van der Waals surface area contributed by atoms with Gasteiger partial charge in [0.25, 0.3) is 0 Å². The fourth-order valence-corrected chi connectivity index (χ4v) is 1.63. The first-order chi connectivity index (χ1) is 7.83. The molecule has 1 atom stereocenters. The Balaban J connectivity index is 2.76. The summed E-state index contributed by atoms with van der Waals surface area (Å²) in [6.07, 6.45) is 0. The van der Waals surface area contributed by atoms with Crippen molar-refractivity contribution in [3.8, 4) is 0 Å². The maximum absolute atomic E-state index is 11.5. The monoisotopic (exact) mass is 279 g/mol. The van der Waals surface area contributed by atoms with Gasteiger partial charge in [0.2, 0.25) is 0 Å². The predicted octanol–water partition coefficient (Wildman–Crippen LogP) is 0.851. The van der Waals surface area contributed by atoms with E-state index in [-0.39, 0.29) is 4.90 Å². The molecule has 0 radical (unpaired) electrons. The fourth-order valence-electron chi connectivity index (χ4n) is 0.795. The molecule has 0 saturated heterocycles. The van der Waals surface area contributed by atoms with E-state index in [1.807, 2.05) is 0 Å². The van der Waals surface area contributed by atoms with Gasteiger partial charge in [-0.25, -0.2) is 4.79 Å². The highest BCUT2D eigenvalue weighted by Crippen LogP contribution is 2.16. The normalized spacial score (nSPS) is 13.1. The van der Waals surface area contributed by atoms with Crippen LogP contribution in [-0.2, 0) is 24.1 Å². The summed E-state index contributed by atoms with van der Waals surface area (Å²) in [6.45, 7) is 1.33. The highest BCUT2D eigenvalue weighted by atomic mass is 35.5. The molecule has 2 N–H and O–H groups in total. The Morgan fingerprint density at radius 2 is 1.88 bits per heavy atom. The number of halogens is 1. The van der Waals surface area contributed by atoms with E-state index in [9.17, 15) is 13.2 Å². The van der Waals surface area contributed by atoms with Crippen LogP contribution in [0.15, 0.2) is 29.2 Å². The minimum Gasteiger partial charge on any atom is -0.319 e. The van der Waals surface area contributed by atoms with Crippen molar-refractivity contribution >= 4 is 27.7 Å². The van der Waals surface area contributed by atoms with E-state index in [0.29, 0.717) is 5.02 Å². The van der Waals surface area contributed by atoms with E-state index in [0.717, 1.165) is 0 Å². The highest BCUT2D eigenvalue weighted by molar-refractivity contribution is 7.86. The topological polar surface area (TPSA) is 95.7 Å². The first kappa shape index (κ1) is 13.9. The van der Waals surface area contributed by atoms with Crippen molar-refractivity contribution in [2.75, 3.05) is 0 Å². The second-order valence-corrected chi connectivity index (χ2v) is 5.12. The summed E-state index contributed by atoms with van der Waals surface area (Å²) in [5.74, 6) is -0.984. The maximum atomic E-state index is 11.5. The van der Waals surface area contributed by atoms with Crippen molar-refractivity contribution in [3.63, 3.8) is 0 Å². The standard InChI is InChI=1S/C9H10ClNO5S/c1-6(11)9(12)15-16-17(13,14)8-4-2-7(10)3-5-8/h2-6H,11H2,1H3/t6-/m1/s1. The van der Waals surface area contributed by atoms with Crippen LogP contribution in [0.1, 0.15) is 6.92 Å². The molecule has 6 nitrogen and oxygen atoms in total. The molecule has 1 rings (SSSR count). The molecule has 0 amide bonds. The van der Waals surface area contributed by atoms with Crippen LogP contribution >= 0.6 is 11.6 Å². The molecular formula is C9H10ClNO5S. The van der Waals surface area contributed by atoms with E-state index >= 15 is 0 Å². The molecular weight excluding hydrogens is 270 g/mol.